The van der Waals surface area contributed by atoms with Gasteiger partial charge in [-0.2, -0.15) is 13.2 Å². The van der Waals surface area contributed by atoms with Gasteiger partial charge in [0.15, 0.2) is 0 Å². The number of halogens is 4. The summed E-state index contributed by atoms with van der Waals surface area (Å²) in [6, 6.07) is 0. The van der Waals surface area contributed by atoms with E-state index in [1.165, 1.54) is 70.6 Å². The minimum absolute atomic E-state index is 0.148. The van der Waals surface area contributed by atoms with Crippen LogP contribution >= 0.6 is 0 Å². The van der Waals surface area contributed by atoms with Crippen molar-refractivity contribution in [3.05, 3.63) is 11.9 Å². The predicted molar refractivity (Wildman–Crippen MR) is 129 cm³/mol. The molecule has 0 spiro atoms. The molecular weight excluding hydrogens is 440 g/mol. The Hall–Kier alpha value is -0.580. The van der Waals surface area contributed by atoms with Gasteiger partial charge < -0.3 is 4.74 Å². The van der Waals surface area contributed by atoms with E-state index < -0.39 is 17.9 Å². The zero-order chi connectivity index (χ0) is 24.1. The first kappa shape index (κ1) is 26.5. The molecule has 0 aromatic carbocycles. The number of hydrogen-bond donors (Lipinski definition) is 0. The summed E-state index contributed by atoms with van der Waals surface area (Å²) in [7, 11) is 0. The van der Waals surface area contributed by atoms with Gasteiger partial charge in [0.1, 0.15) is 5.83 Å². The molecule has 1 nitrogen and oxygen atoms in total. The standard InChI is InChI=1S/C29H46F4O/c1-20-2-4-21(5-3-20)6-7-22-8-10-23(11-9-22)26-16-17-28(34-19-26)25-14-12-24(13-15-25)27(30)18-29(31,32)33/h18,20-26,28H,2-17,19H2,1H3/b27-18-. The van der Waals surface area contributed by atoms with Crippen LogP contribution in [0.3, 0.4) is 0 Å². The third-order valence-electron chi connectivity index (χ3n) is 10.0. The molecule has 1 saturated heterocycles. The van der Waals surface area contributed by atoms with Crippen LogP contribution in [-0.2, 0) is 4.74 Å². The second kappa shape index (κ2) is 12.1. The summed E-state index contributed by atoms with van der Waals surface area (Å²) >= 11 is 0. The van der Waals surface area contributed by atoms with Crippen LogP contribution in [0.15, 0.2) is 11.9 Å². The topological polar surface area (TPSA) is 9.23 Å². The minimum atomic E-state index is -4.56. The van der Waals surface area contributed by atoms with Gasteiger partial charge in [-0.3, -0.25) is 0 Å². The lowest BCUT2D eigenvalue weighted by molar-refractivity contribution is -0.0832. The number of allylic oxidation sites excluding steroid dienone is 2. The SMILES string of the molecule is CC1CCC(CCC2CCC(C3CCC(C4CCC(/C(F)=C/C(F)(F)F)CC4)OC3)CC2)CC1. The third kappa shape index (κ3) is 7.71. The van der Waals surface area contributed by atoms with E-state index in [-0.39, 0.29) is 12.2 Å². The van der Waals surface area contributed by atoms with E-state index in [9.17, 15) is 17.6 Å². The highest BCUT2D eigenvalue weighted by Crippen LogP contribution is 2.43. The summed E-state index contributed by atoms with van der Waals surface area (Å²) in [6.45, 7) is 3.25. The lowest BCUT2D eigenvalue weighted by atomic mass is 9.70. The zero-order valence-electron chi connectivity index (χ0n) is 21.1. The van der Waals surface area contributed by atoms with Gasteiger partial charge in [-0.1, -0.05) is 58.3 Å². The van der Waals surface area contributed by atoms with Gasteiger partial charge in [-0.05, 0) is 86.9 Å². The zero-order valence-corrected chi connectivity index (χ0v) is 21.1. The van der Waals surface area contributed by atoms with E-state index in [2.05, 4.69) is 6.92 Å². The Morgan fingerprint density at radius 2 is 1.24 bits per heavy atom. The van der Waals surface area contributed by atoms with Gasteiger partial charge in [-0.15, -0.1) is 0 Å². The first-order valence-electron chi connectivity index (χ1n) is 14.3. The predicted octanol–water partition coefficient (Wildman–Crippen LogP) is 9.42. The molecule has 34 heavy (non-hydrogen) atoms. The lowest BCUT2D eigenvalue weighted by Gasteiger charge is -2.41. The summed E-state index contributed by atoms with van der Waals surface area (Å²) in [5.41, 5.74) is 0. The van der Waals surface area contributed by atoms with Crippen molar-refractivity contribution in [2.75, 3.05) is 6.61 Å². The number of rotatable bonds is 6. The van der Waals surface area contributed by atoms with Crippen LogP contribution < -0.4 is 0 Å². The fourth-order valence-electron chi connectivity index (χ4n) is 7.61. The Labute approximate surface area is 204 Å². The highest BCUT2D eigenvalue weighted by molar-refractivity contribution is 5.03. The number of ether oxygens (including phenoxy) is 1. The molecule has 2 unspecified atom stereocenters. The molecule has 1 aliphatic heterocycles. The average Bonchev–Trinajstić information content (AvgIpc) is 2.83. The van der Waals surface area contributed by atoms with Crippen molar-refractivity contribution in [3.8, 4) is 0 Å². The molecule has 3 aliphatic carbocycles. The van der Waals surface area contributed by atoms with Crippen LogP contribution in [-0.4, -0.2) is 18.9 Å². The minimum Gasteiger partial charge on any atom is -0.378 e. The smallest absolute Gasteiger partial charge is 0.378 e. The maximum atomic E-state index is 13.9. The van der Waals surface area contributed by atoms with Crippen LogP contribution in [0.4, 0.5) is 17.6 Å². The molecule has 5 heteroatoms. The monoisotopic (exact) mass is 486 g/mol. The highest BCUT2D eigenvalue weighted by Gasteiger charge is 2.37. The van der Waals surface area contributed by atoms with E-state index in [1.54, 1.807) is 0 Å². The maximum absolute atomic E-state index is 13.9. The van der Waals surface area contributed by atoms with E-state index >= 15 is 0 Å². The molecule has 0 aromatic rings. The van der Waals surface area contributed by atoms with Crippen molar-refractivity contribution in [3.63, 3.8) is 0 Å². The van der Waals surface area contributed by atoms with Crippen molar-refractivity contribution in [1.29, 1.82) is 0 Å². The van der Waals surface area contributed by atoms with Crippen molar-refractivity contribution >= 4 is 0 Å². The Bertz CT molecular complexity index is 627. The van der Waals surface area contributed by atoms with E-state index in [1.807, 2.05) is 0 Å². The maximum Gasteiger partial charge on any atom is 0.412 e. The molecule has 0 aromatic heterocycles. The normalized spacial score (nSPS) is 40.8. The van der Waals surface area contributed by atoms with Crippen LogP contribution in [0, 0.1) is 41.4 Å². The molecule has 4 fully saturated rings. The summed E-state index contributed by atoms with van der Waals surface area (Å²) in [4.78, 5) is 0. The molecule has 4 rings (SSSR count). The third-order valence-corrected chi connectivity index (χ3v) is 10.0. The molecule has 0 N–H and O–H groups in total. The van der Waals surface area contributed by atoms with Crippen LogP contribution in [0.2, 0.25) is 0 Å². The van der Waals surface area contributed by atoms with Gasteiger partial charge in [-0.25, -0.2) is 4.39 Å². The van der Waals surface area contributed by atoms with Gasteiger partial charge in [0, 0.05) is 5.92 Å². The number of hydrogen-bond acceptors (Lipinski definition) is 1. The average molecular weight is 487 g/mol. The molecule has 0 radical (unpaired) electrons. The Balaban J connectivity index is 1.11. The van der Waals surface area contributed by atoms with Crippen LogP contribution in [0.1, 0.15) is 110 Å². The molecule has 196 valence electrons. The van der Waals surface area contributed by atoms with Crippen molar-refractivity contribution in [2.24, 2.45) is 41.4 Å². The fraction of sp³-hybridized carbons (Fsp3) is 0.931. The van der Waals surface area contributed by atoms with Crippen molar-refractivity contribution in [2.45, 2.75) is 122 Å². The first-order valence-corrected chi connectivity index (χ1v) is 14.3. The second-order valence-electron chi connectivity index (χ2n) is 12.4. The molecule has 2 atom stereocenters. The van der Waals surface area contributed by atoms with Gasteiger partial charge in [0.2, 0.25) is 0 Å². The summed E-state index contributed by atoms with van der Waals surface area (Å²) < 4.78 is 57.5. The quantitative estimate of drug-likeness (QED) is 0.340. The van der Waals surface area contributed by atoms with E-state index in [4.69, 9.17) is 4.74 Å². The molecular formula is C29H46F4O. The Morgan fingerprint density at radius 1 is 0.706 bits per heavy atom. The summed E-state index contributed by atoms with van der Waals surface area (Å²) in [5.74, 6) is 3.20. The molecule has 4 aliphatic rings. The summed E-state index contributed by atoms with van der Waals surface area (Å²) in [5, 5.41) is 0. The first-order chi connectivity index (χ1) is 16.3. The Morgan fingerprint density at radius 3 is 1.76 bits per heavy atom. The van der Waals surface area contributed by atoms with Crippen molar-refractivity contribution < 1.29 is 22.3 Å². The fourth-order valence-corrected chi connectivity index (χ4v) is 7.61. The van der Waals surface area contributed by atoms with Crippen LogP contribution in [0.5, 0.6) is 0 Å². The van der Waals surface area contributed by atoms with Gasteiger partial charge in [0.25, 0.3) is 0 Å². The molecule has 0 amide bonds. The highest BCUT2D eigenvalue weighted by atomic mass is 19.4. The van der Waals surface area contributed by atoms with Gasteiger partial charge in [0.05, 0.1) is 18.8 Å². The molecule has 0 bridgehead atoms. The Kier molecular flexibility index (Phi) is 9.43. The second-order valence-corrected chi connectivity index (χ2v) is 12.4. The lowest BCUT2D eigenvalue weighted by Crippen LogP contribution is -2.37. The largest absolute Gasteiger partial charge is 0.412 e. The number of alkyl halides is 3. The molecule has 1 heterocycles. The summed E-state index contributed by atoms with van der Waals surface area (Å²) in [6.07, 6.45) is 14.6. The van der Waals surface area contributed by atoms with E-state index in [0.717, 1.165) is 49.5 Å². The molecule has 3 saturated carbocycles. The van der Waals surface area contributed by atoms with E-state index in [0.29, 0.717) is 24.7 Å². The van der Waals surface area contributed by atoms with Gasteiger partial charge >= 0.3 is 6.18 Å². The van der Waals surface area contributed by atoms with Crippen LogP contribution in [0.25, 0.3) is 0 Å². The van der Waals surface area contributed by atoms with Crippen molar-refractivity contribution in [1.82, 2.24) is 0 Å².